The van der Waals surface area contributed by atoms with Gasteiger partial charge >= 0.3 is 6.09 Å². The summed E-state index contributed by atoms with van der Waals surface area (Å²) in [6, 6.07) is 14.6. The molecule has 7 heteroatoms. The van der Waals surface area contributed by atoms with Crippen molar-refractivity contribution < 1.29 is 19.0 Å². The van der Waals surface area contributed by atoms with E-state index in [0.29, 0.717) is 17.6 Å². The summed E-state index contributed by atoms with van der Waals surface area (Å²) in [6.07, 6.45) is 7.39. The van der Waals surface area contributed by atoms with Crippen LogP contribution in [0.2, 0.25) is 0 Å². The van der Waals surface area contributed by atoms with Gasteiger partial charge in [-0.25, -0.2) is 4.79 Å². The van der Waals surface area contributed by atoms with Crippen molar-refractivity contribution in [2.24, 2.45) is 5.92 Å². The van der Waals surface area contributed by atoms with Gasteiger partial charge in [-0.3, -0.25) is 5.32 Å². The monoisotopic (exact) mass is 489 g/mol. The minimum absolute atomic E-state index is 0.0393. The lowest BCUT2D eigenvalue weighted by Crippen LogP contribution is -2.25. The summed E-state index contributed by atoms with van der Waals surface area (Å²) in [4.78, 5) is 12.3. The second kappa shape index (κ2) is 9.69. The molecule has 3 aliphatic rings. The van der Waals surface area contributed by atoms with Crippen LogP contribution in [0.1, 0.15) is 57.9 Å². The normalized spacial score (nSPS) is 19.6. The molecule has 3 N–H and O–H groups in total. The number of nitrogen functional groups attached to an aromatic ring is 1. The fourth-order valence-electron chi connectivity index (χ4n) is 5.38. The van der Waals surface area contributed by atoms with Crippen LogP contribution in [0.25, 0.3) is 22.2 Å². The Hall–Kier alpha value is -3.19. The van der Waals surface area contributed by atoms with Crippen LogP contribution in [0.5, 0.6) is 5.75 Å². The van der Waals surface area contributed by atoms with E-state index in [-0.39, 0.29) is 12.2 Å². The van der Waals surface area contributed by atoms with Crippen LogP contribution in [0.15, 0.2) is 42.5 Å². The molecule has 2 saturated carbocycles. The first kappa shape index (κ1) is 23.2. The molecule has 0 spiro atoms. The summed E-state index contributed by atoms with van der Waals surface area (Å²) >= 11 is 0. The standard InChI is InChI=1S/C29H35N3O4/c1-18(19-5-6-19)35-29(33)31-21-9-7-20(8-10-21)28-27(30)25-12-11-24(36-23-13-15-34-16-14-23)17-26(25)32(28)22-3-2-4-22/h7-12,17-19,22-23H,2-6,13-16,30H2,1H3,(H,31,33)/t18-/m1/s1. The number of amides is 1. The number of ether oxygens (including phenoxy) is 3. The SMILES string of the molecule is C[C@@H](OC(=O)Nc1ccc(-c2c(N)c3ccc(OC4CCOCC4)cc3n2C2CCC2)cc1)C1CC1. The minimum Gasteiger partial charge on any atom is -0.490 e. The van der Waals surface area contributed by atoms with Crippen LogP contribution in [0.3, 0.4) is 0 Å². The molecule has 1 saturated heterocycles. The highest BCUT2D eigenvalue weighted by molar-refractivity contribution is 6.01. The second-order valence-electron chi connectivity index (χ2n) is 10.5. The molecule has 190 valence electrons. The number of carbonyl (C=O) groups is 1. The zero-order valence-electron chi connectivity index (χ0n) is 20.9. The summed E-state index contributed by atoms with van der Waals surface area (Å²) in [5.74, 6) is 1.40. The maximum Gasteiger partial charge on any atom is 0.411 e. The zero-order valence-corrected chi connectivity index (χ0v) is 20.9. The summed E-state index contributed by atoms with van der Waals surface area (Å²) in [5.41, 5.74) is 11.5. The van der Waals surface area contributed by atoms with Crippen LogP contribution in [0, 0.1) is 5.92 Å². The Labute approximate surface area is 211 Å². The predicted molar refractivity (Wildman–Crippen MR) is 141 cm³/mol. The van der Waals surface area contributed by atoms with E-state index < -0.39 is 6.09 Å². The lowest BCUT2D eigenvalue weighted by molar-refractivity contribution is 0.0256. The molecule has 2 heterocycles. The number of aromatic nitrogens is 1. The van der Waals surface area contributed by atoms with Crippen molar-refractivity contribution in [2.45, 2.75) is 70.1 Å². The fourth-order valence-corrected chi connectivity index (χ4v) is 5.38. The van der Waals surface area contributed by atoms with Gasteiger partial charge in [-0.05, 0) is 69.2 Å². The van der Waals surface area contributed by atoms with Gasteiger partial charge in [-0.2, -0.15) is 0 Å². The number of hydrogen-bond donors (Lipinski definition) is 2. The van der Waals surface area contributed by atoms with E-state index in [0.717, 1.165) is 85.3 Å². The van der Waals surface area contributed by atoms with Crippen molar-refractivity contribution >= 4 is 28.4 Å². The lowest BCUT2D eigenvalue weighted by atomic mass is 9.92. The Morgan fingerprint density at radius 3 is 2.47 bits per heavy atom. The van der Waals surface area contributed by atoms with Crippen molar-refractivity contribution in [2.75, 3.05) is 24.3 Å². The number of anilines is 2. The van der Waals surface area contributed by atoms with Gasteiger partial charge in [0.1, 0.15) is 18.0 Å². The number of rotatable bonds is 7. The van der Waals surface area contributed by atoms with Crippen LogP contribution in [0.4, 0.5) is 16.2 Å². The molecule has 7 nitrogen and oxygen atoms in total. The third-order valence-corrected chi connectivity index (χ3v) is 7.91. The number of benzene rings is 2. The minimum atomic E-state index is -0.401. The Kier molecular flexibility index (Phi) is 6.25. The molecule has 0 bridgehead atoms. The highest BCUT2D eigenvalue weighted by Gasteiger charge is 2.31. The zero-order chi connectivity index (χ0) is 24.6. The second-order valence-corrected chi connectivity index (χ2v) is 10.5. The first-order chi connectivity index (χ1) is 17.6. The maximum absolute atomic E-state index is 12.3. The summed E-state index contributed by atoms with van der Waals surface area (Å²) in [5, 5.41) is 3.91. The van der Waals surface area contributed by atoms with Gasteiger partial charge in [0.05, 0.1) is 30.1 Å². The third kappa shape index (κ3) is 4.64. The number of fused-ring (bicyclic) bond motifs is 1. The first-order valence-corrected chi connectivity index (χ1v) is 13.3. The average molecular weight is 490 g/mol. The van der Waals surface area contributed by atoms with E-state index in [2.05, 4.69) is 22.0 Å². The number of carbonyl (C=O) groups excluding carboxylic acids is 1. The number of nitrogens with zero attached hydrogens (tertiary/aromatic N) is 1. The van der Waals surface area contributed by atoms with Crippen LogP contribution < -0.4 is 15.8 Å². The Balaban J connectivity index is 1.27. The highest BCUT2D eigenvalue weighted by Crippen LogP contribution is 2.45. The quantitative estimate of drug-likeness (QED) is 0.394. The van der Waals surface area contributed by atoms with E-state index in [1.54, 1.807) is 0 Å². The molecule has 2 aliphatic carbocycles. The number of nitrogens with two attached hydrogens (primary N) is 1. The van der Waals surface area contributed by atoms with Gasteiger partial charge in [0, 0.05) is 41.6 Å². The van der Waals surface area contributed by atoms with E-state index in [1.165, 1.54) is 6.42 Å². The molecule has 3 aromatic rings. The van der Waals surface area contributed by atoms with Crippen LogP contribution in [-0.2, 0) is 9.47 Å². The van der Waals surface area contributed by atoms with E-state index >= 15 is 0 Å². The van der Waals surface area contributed by atoms with E-state index in [9.17, 15) is 4.79 Å². The number of hydrogen-bond acceptors (Lipinski definition) is 5. The molecule has 0 radical (unpaired) electrons. The molecular formula is C29H35N3O4. The molecule has 6 rings (SSSR count). The molecule has 2 aromatic carbocycles. The smallest absolute Gasteiger partial charge is 0.411 e. The van der Waals surface area contributed by atoms with Gasteiger partial charge in [-0.1, -0.05) is 12.1 Å². The summed E-state index contributed by atoms with van der Waals surface area (Å²) in [7, 11) is 0. The van der Waals surface area contributed by atoms with Gasteiger partial charge in [0.2, 0.25) is 0 Å². The van der Waals surface area contributed by atoms with E-state index in [4.69, 9.17) is 19.9 Å². The molecule has 1 aliphatic heterocycles. The maximum atomic E-state index is 12.3. The first-order valence-electron chi connectivity index (χ1n) is 13.3. The molecule has 0 unspecified atom stereocenters. The van der Waals surface area contributed by atoms with Gasteiger partial charge in [0.15, 0.2) is 0 Å². The molecule has 1 atom stereocenters. The number of nitrogens with one attached hydrogen (secondary N) is 1. The Morgan fingerprint density at radius 2 is 1.81 bits per heavy atom. The molecule has 1 aromatic heterocycles. The lowest BCUT2D eigenvalue weighted by Gasteiger charge is -2.30. The van der Waals surface area contributed by atoms with Gasteiger partial charge in [0.25, 0.3) is 0 Å². The largest absolute Gasteiger partial charge is 0.490 e. The molecule has 1 amide bonds. The Bertz CT molecular complexity index is 1240. The topological polar surface area (TPSA) is 87.7 Å². The molecule has 36 heavy (non-hydrogen) atoms. The van der Waals surface area contributed by atoms with Gasteiger partial charge < -0.3 is 24.5 Å². The summed E-state index contributed by atoms with van der Waals surface area (Å²) < 4.78 is 19.7. The molecule has 3 fully saturated rings. The van der Waals surface area contributed by atoms with Crippen molar-refractivity contribution in [3.8, 4) is 17.0 Å². The fraction of sp³-hybridized carbons (Fsp3) is 0.483. The van der Waals surface area contributed by atoms with Gasteiger partial charge in [-0.15, -0.1) is 0 Å². The van der Waals surface area contributed by atoms with Crippen molar-refractivity contribution in [1.29, 1.82) is 0 Å². The summed E-state index contributed by atoms with van der Waals surface area (Å²) in [6.45, 7) is 3.47. The Morgan fingerprint density at radius 1 is 1.06 bits per heavy atom. The third-order valence-electron chi connectivity index (χ3n) is 7.91. The van der Waals surface area contributed by atoms with Crippen molar-refractivity contribution in [3.05, 3.63) is 42.5 Å². The predicted octanol–water partition coefficient (Wildman–Crippen LogP) is 6.52. The van der Waals surface area contributed by atoms with E-state index in [1.807, 2.05) is 37.3 Å². The average Bonchev–Trinajstić information content (AvgIpc) is 3.66. The van der Waals surface area contributed by atoms with Crippen LogP contribution in [-0.4, -0.2) is 36.1 Å². The van der Waals surface area contributed by atoms with Crippen LogP contribution >= 0.6 is 0 Å². The van der Waals surface area contributed by atoms with Crippen molar-refractivity contribution in [3.63, 3.8) is 0 Å². The van der Waals surface area contributed by atoms with Crippen molar-refractivity contribution in [1.82, 2.24) is 4.57 Å². The molecular weight excluding hydrogens is 454 g/mol. The highest BCUT2D eigenvalue weighted by atomic mass is 16.6.